The van der Waals surface area contributed by atoms with Crippen LogP contribution in [-0.4, -0.2) is 115 Å². The van der Waals surface area contributed by atoms with Crippen LogP contribution in [0.1, 0.15) is 99.9 Å². The number of aliphatic hydroxyl groups excluding tert-OH is 1. The minimum Gasteiger partial charge on any atom is -0.493 e. The fourth-order valence-corrected chi connectivity index (χ4v) is 8.93. The number of carbonyl (C=O) groups excluding carboxylic acids is 6. The van der Waals surface area contributed by atoms with Crippen molar-refractivity contribution >= 4 is 59.4 Å². The minimum atomic E-state index is -1.50. The zero-order valence-corrected chi connectivity index (χ0v) is 40.7. The van der Waals surface area contributed by atoms with Crippen molar-refractivity contribution in [2.75, 3.05) is 37.7 Å². The van der Waals surface area contributed by atoms with Crippen LogP contribution in [0.25, 0.3) is 0 Å². The Kier molecular flexibility index (Phi) is 15.5. The van der Waals surface area contributed by atoms with Crippen LogP contribution in [0.15, 0.2) is 77.1 Å². The average molecular weight is 964 g/mol. The molecule has 70 heavy (non-hydrogen) atoms. The van der Waals surface area contributed by atoms with E-state index in [1.54, 1.807) is 61.3 Å². The molecule has 4 N–H and O–H groups in total. The molecule has 4 aliphatic heterocycles. The summed E-state index contributed by atoms with van der Waals surface area (Å²) in [6.45, 7) is 11.3. The van der Waals surface area contributed by atoms with Gasteiger partial charge in [0, 0.05) is 36.4 Å². The van der Waals surface area contributed by atoms with Crippen molar-refractivity contribution in [3.8, 4) is 23.0 Å². The Bertz CT molecular complexity index is 2610. The summed E-state index contributed by atoms with van der Waals surface area (Å²) >= 11 is 0. The first kappa shape index (κ1) is 50.5. The van der Waals surface area contributed by atoms with Gasteiger partial charge in [0.2, 0.25) is 18.2 Å². The number of amides is 6. The first-order chi connectivity index (χ1) is 33.5. The first-order valence-electron chi connectivity index (χ1n) is 23.3. The van der Waals surface area contributed by atoms with Crippen molar-refractivity contribution in [1.82, 2.24) is 20.4 Å². The molecule has 0 saturated carbocycles. The molecular formula is C51H61N7O12. The van der Waals surface area contributed by atoms with Gasteiger partial charge in [-0.2, -0.15) is 0 Å². The quantitative estimate of drug-likeness (QED) is 0.0760. The summed E-state index contributed by atoms with van der Waals surface area (Å²) in [5, 5.41) is 19.6. The fourth-order valence-electron chi connectivity index (χ4n) is 8.93. The number of benzene rings is 3. The van der Waals surface area contributed by atoms with Gasteiger partial charge in [0.25, 0.3) is 11.8 Å². The number of nitrogens with zero attached hydrogens (tertiary/aromatic N) is 4. The number of ether oxygens (including phenoxy) is 5. The third kappa shape index (κ3) is 10.7. The smallest absolute Gasteiger partial charge is 0.416 e. The van der Waals surface area contributed by atoms with Crippen LogP contribution in [0, 0.1) is 5.92 Å². The Morgan fingerprint density at radius 1 is 0.857 bits per heavy atom. The maximum atomic E-state index is 14.1. The molecule has 6 amide bonds. The standard InChI is InChI=1S/C51H61N7O12/c1-29(2)44(53-28-59)46(61)54-32(5)45(60)55-34-14-12-33(13-15-34)26-70-50(65)58-38-22-43(41(67-8)20-36(38)47(62)56-24-30(3)18-39(56)49(58)64)69-17-11-9-10-16-68-42-21-37-35(19-40(42)66-7)48(63)57-25-31(4)23-51(57,6)27-52-37/h12-15,19-22,24-25,27-29,32,39,44,49,64H,9-11,16-18,23,26H2,1-8H3,(H,53,59)(H,54,61)(H,55,60)/t32?,39?,44-,49?,51?/m0/s1. The van der Waals surface area contributed by atoms with Crippen molar-refractivity contribution < 1.29 is 57.6 Å². The van der Waals surface area contributed by atoms with E-state index in [2.05, 4.69) is 20.9 Å². The van der Waals surface area contributed by atoms with E-state index in [0.29, 0.717) is 79.1 Å². The lowest BCUT2D eigenvalue weighted by atomic mass is 9.97. The number of carbonyl (C=O) groups is 6. The Morgan fingerprint density at radius 3 is 2.16 bits per heavy atom. The van der Waals surface area contributed by atoms with Crippen LogP contribution in [0.5, 0.6) is 23.0 Å². The number of fused-ring (bicyclic) bond motifs is 4. The Balaban J connectivity index is 0.973. The molecule has 5 atom stereocenters. The van der Waals surface area contributed by atoms with Gasteiger partial charge in [-0.1, -0.05) is 37.1 Å². The lowest BCUT2D eigenvalue weighted by molar-refractivity contribution is -0.129. The molecular weight excluding hydrogens is 903 g/mol. The number of unbranched alkanes of at least 4 members (excludes halogenated alkanes) is 2. The lowest BCUT2D eigenvalue weighted by Gasteiger charge is -2.31. The maximum absolute atomic E-state index is 14.1. The van der Waals surface area contributed by atoms with E-state index in [0.717, 1.165) is 16.0 Å². The summed E-state index contributed by atoms with van der Waals surface area (Å²) in [5.74, 6) is -0.361. The van der Waals surface area contributed by atoms with E-state index in [9.17, 15) is 33.9 Å². The number of hydrogen-bond donors (Lipinski definition) is 4. The monoisotopic (exact) mass is 963 g/mol. The third-order valence-corrected chi connectivity index (χ3v) is 12.6. The molecule has 19 nitrogen and oxygen atoms in total. The van der Waals surface area contributed by atoms with E-state index in [1.807, 2.05) is 33.2 Å². The summed E-state index contributed by atoms with van der Waals surface area (Å²) < 4.78 is 29.4. The molecule has 0 spiro atoms. The Labute approximate surface area is 406 Å². The van der Waals surface area contributed by atoms with Gasteiger partial charge in [-0.25, -0.2) is 9.69 Å². The van der Waals surface area contributed by atoms with Crippen LogP contribution in [0.2, 0.25) is 0 Å². The predicted octanol–water partition coefficient (Wildman–Crippen LogP) is 6.36. The molecule has 0 aromatic heterocycles. The van der Waals surface area contributed by atoms with E-state index in [-0.39, 0.29) is 47.8 Å². The van der Waals surface area contributed by atoms with Crippen LogP contribution in [-0.2, 0) is 25.7 Å². The largest absolute Gasteiger partial charge is 0.493 e. The average Bonchev–Trinajstić information content (AvgIpc) is 3.84. The molecule has 19 heteroatoms. The normalized spacial score (nSPS) is 19.8. The number of nitrogens with one attached hydrogen (secondary N) is 3. The molecule has 0 aliphatic carbocycles. The Morgan fingerprint density at radius 2 is 1.51 bits per heavy atom. The number of rotatable bonds is 19. The second-order valence-corrected chi connectivity index (χ2v) is 18.5. The SMILES string of the molecule is COc1cc2c(cc1OCCCCCOc1cc3c(cc1OC)C(=O)N1C=C(C)CC1C(O)N3C(=O)OCc1ccc(NC(=O)C(C)NC(=O)[C@@H](NC=O)C(C)C)cc1)N=CC1(C)CC(C)=CN1C2=O. The highest BCUT2D eigenvalue weighted by molar-refractivity contribution is 6.07. The molecule has 0 radical (unpaired) electrons. The van der Waals surface area contributed by atoms with E-state index in [1.165, 1.54) is 38.2 Å². The molecule has 7 rings (SSSR count). The second kappa shape index (κ2) is 21.5. The van der Waals surface area contributed by atoms with Gasteiger partial charge in [0.15, 0.2) is 29.2 Å². The molecule has 4 aliphatic rings. The number of aliphatic hydroxyl groups is 1. The van der Waals surface area contributed by atoms with Gasteiger partial charge in [0.05, 0.1) is 61.5 Å². The highest BCUT2D eigenvalue weighted by Gasteiger charge is 2.45. The number of anilines is 2. The van der Waals surface area contributed by atoms with E-state index >= 15 is 0 Å². The summed E-state index contributed by atoms with van der Waals surface area (Å²) in [6, 6.07) is 10.4. The van der Waals surface area contributed by atoms with Crippen molar-refractivity contribution in [1.29, 1.82) is 0 Å². The summed E-state index contributed by atoms with van der Waals surface area (Å²) in [7, 11) is 2.97. The van der Waals surface area contributed by atoms with E-state index in [4.69, 9.17) is 23.7 Å². The molecule has 372 valence electrons. The third-order valence-electron chi connectivity index (χ3n) is 12.6. The molecule has 4 unspecified atom stereocenters. The fraction of sp³-hybridized carbons (Fsp3) is 0.431. The van der Waals surface area contributed by atoms with Crippen molar-refractivity contribution in [3.63, 3.8) is 0 Å². The van der Waals surface area contributed by atoms with Gasteiger partial charge in [-0.15, -0.1) is 0 Å². The summed E-state index contributed by atoms with van der Waals surface area (Å²) in [5.41, 5.74) is 3.50. The van der Waals surface area contributed by atoms with E-state index < -0.39 is 53.7 Å². The lowest BCUT2D eigenvalue weighted by Crippen LogP contribution is -2.52. The molecule has 0 saturated heterocycles. The highest BCUT2D eigenvalue weighted by atomic mass is 16.6. The van der Waals surface area contributed by atoms with Crippen molar-refractivity contribution in [2.24, 2.45) is 10.9 Å². The van der Waals surface area contributed by atoms with Crippen LogP contribution in [0.4, 0.5) is 21.9 Å². The summed E-state index contributed by atoms with van der Waals surface area (Å²) in [6.07, 6.45) is 6.37. The van der Waals surface area contributed by atoms with Crippen molar-refractivity contribution in [3.05, 3.63) is 88.8 Å². The van der Waals surface area contributed by atoms with Crippen molar-refractivity contribution in [2.45, 2.75) is 110 Å². The van der Waals surface area contributed by atoms with Gasteiger partial charge in [-0.05, 0) is 95.5 Å². The zero-order valence-electron chi connectivity index (χ0n) is 40.7. The molecule has 3 aromatic rings. The molecule has 3 aromatic carbocycles. The number of aliphatic imine (C=N–C) groups is 1. The minimum absolute atomic E-state index is 0.0786. The first-order valence-corrected chi connectivity index (χ1v) is 23.3. The number of methoxy groups -OCH3 is 2. The number of hydrogen-bond acceptors (Lipinski definition) is 13. The van der Waals surface area contributed by atoms with Gasteiger partial charge >= 0.3 is 6.09 Å². The Hall–Kier alpha value is -7.41. The topological polar surface area (TPSA) is 227 Å². The van der Waals surface area contributed by atoms with Gasteiger partial charge < -0.3 is 54.5 Å². The van der Waals surface area contributed by atoms with Crippen LogP contribution in [0.3, 0.4) is 0 Å². The highest BCUT2D eigenvalue weighted by Crippen LogP contribution is 2.43. The molecule has 0 fully saturated rings. The van der Waals surface area contributed by atoms with Crippen LogP contribution < -0.4 is 39.8 Å². The zero-order chi connectivity index (χ0) is 50.4. The predicted molar refractivity (Wildman–Crippen MR) is 259 cm³/mol. The summed E-state index contributed by atoms with van der Waals surface area (Å²) in [4.78, 5) is 87.1. The molecule has 4 heterocycles. The maximum Gasteiger partial charge on any atom is 0.416 e. The van der Waals surface area contributed by atoms with Crippen LogP contribution >= 0.6 is 0 Å². The van der Waals surface area contributed by atoms with Gasteiger partial charge in [0.1, 0.15) is 18.7 Å². The molecule has 0 bridgehead atoms. The van der Waals surface area contributed by atoms with Gasteiger partial charge in [-0.3, -0.25) is 29.0 Å². The second-order valence-electron chi connectivity index (χ2n) is 18.5.